The van der Waals surface area contributed by atoms with Crippen LogP contribution in [0.25, 0.3) is 16.8 Å². The van der Waals surface area contributed by atoms with E-state index in [-0.39, 0.29) is 5.04 Å². The summed E-state index contributed by atoms with van der Waals surface area (Å²) in [6, 6.07) is 5.87. The van der Waals surface area contributed by atoms with Crippen molar-refractivity contribution in [2.45, 2.75) is 91.6 Å². The second kappa shape index (κ2) is 9.56. The monoisotopic (exact) mass is 486 g/mol. The fourth-order valence-corrected chi connectivity index (χ4v) is 4.03. The molecule has 1 heterocycles. The third-order valence-electron chi connectivity index (χ3n) is 5.88. The molecule has 188 valence electrons. The molecule has 0 aliphatic heterocycles. The zero-order valence-electron chi connectivity index (χ0n) is 22.8. The molecule has 1 amide bonds. The summed E-state index contributed by atoms with van der Waals surface area (Å²) in [6.45, 7) is 27.0. The van der Waals surface area contributed by atoms with E-state index >= 15 is 0 Å². The summed E-state index contributed by atoms with van der Waals surface area (Å²) in [5.41, 5.74) is 2.08. The largest absolute Gasteiger partial charge is 0.543 e. The number of alkyl carbamates (subject to hydrolysis) is 1. The number of anilines is 1. The smallest absolute Gasteiger partial charge is 0.407 e. The lowest BCUT2D eigenvalue weighted by Crippen LogP contribution is -2.45. The Labute approximate surface area is 205 Å². The summed E-state index contributed by atoms with van der Waals surface area (Å²) in [5, 5.41) is 6.31. The summed E-state index contributed by atoms with van der Waals surface area (Å²) in [7, 11) is -2.06. The van der Waals surface area contributed by atoms with Crippen molar-refractivity contribution in [2.24, 2.45) is 0 Å². The lowest BCUT2D eigenvalue weighted by Gasteiger charge is -2.37. The fourth-order valence-electron chi connectivity index (χ4n) is 3.00. The maximum absolute atomic E-state index is 12.1. The average Bonchev–Trinajstić information content (AvgIpc) is 2.64. The molecule has 0 aliphatic rings. The van der Waals surface area contributed by atoms with Gasteiger partial charge in [-0.15, -0.1) is 0 Å². The number of fused-ring (bicyclic) bond motifs is 1. The number of nitrogens with zero attached hydrogens (tertiary/aromatic N) is 2. The van der Waals surface area contributed by atoms with Crippen LogP contribution in [-0.4, -0.2) is 42.1 Å². The van der Waals surface area contributed by atoms with Crippen LogP contribution in [0.2, 0.25) is 18.1 Å². The quantitative estimate of drug-likeness (QED) is 0.337. The van der Waals surface area contributed by atoms with Gasteiger partial charge in [-0.2, -0.15) is 0 Å². The van der Waals surface area contributed by atoms with Crippen LogP contribution in [0.5, 0.6) is 0 Å². The van der Waals surface area contributed by atoms with E-state index in [2.05, 4.69) is 51.1 Å². The van der Waals surface area contributed by atoms with Crippen molar-refractivity contribution in [2.75, 3.05) is 11.9 Å². The second-order valence-corrected chi connectivity index (χ2v) is 16.7. The zero-order valence-corrected chi connectivity index (χ0v) is 23.8. The predicted octanol–water partition coefficient (Wildman–Crippen LogP) is 6.65. The first-order valence-corrected chi connectivity index (χ1v) is 14.6. The van der Waals surface area contributed by atoms with E-state index in [9.17, 15) is 4.79 Å². The van der Waals surface area contributed by atoms with E-state index in [1.807, 2.05) is 59.7 Å². The van der Waals surface area contributed by atoms with Crippen molar-refractivity contribution in [3.05, 3.63) is 36.0 Å². The van der Waals surface area contributed by atoms with E-state index in [4.69, 9.17) is 19.1 Å². The Morgan fingerprint density at radius 1 is 1.06 bits per heavy atom. The summed E-state index contributed by atoms with van der Waals surface area (Å²) >= 11 is 0. The Morgan fingerprint density at radius 2 is 1.68 bits per heavy atom. The number of aromatic nitrogens is 2. The van der Waals surface area contributed by atoms with E-state index in [0.29, 0.717) is 18.1 Å². The Hall–Kier alpha value is -2.61. The van der Waals surface area contributed by atoms with Crippen LogP contribution < -0.4 is 10.6 Å². The molecule has 0 unspecified atom stereocenters. The van der Waals surface area contributed by atoms with Crippen LogP contribution in [-0.2, 0) is 9.16 Å². The maximum Gasteiger partial charge on any atom is 0.407 e. The lowest BCUT2D eigenvalue weighted by molar-refractivity contribution is 0.0520. The summed E-state index contributed by atoms with van der Waals surface area (Å²) < 4.78 is 11.8. The maximum atomic E-state index is 12.1. The highest BCUT2D eigenvalue weighted by atomic mass is 28.4. The minimum atomic E-state index is -2.06. The van der Waals surface area contributed by atoms with Crippen LogP contribution in [0.3, 0.4) is 0 Å². The number of carbonyl (C=O) groups is 1. The number of amides is 1. The summed E-state index contributed by atoms with van der Waals surface area (Å²) in [5.74, 6) is 1.27. The molecule has 0 fully saturated rings. The molecule has 0 atom stereocenters. The van der Waals surface area contributed by atoms with Gasteiger partial charge in [0.2, 0.25) is 8.32 Å². The molecular weight excluding hydrogens is 444 g/mol. The number of benzene rings is 1. The highest BCUT2D eigenvalue weighted by Gasteiger charge is 2.39. The Kier molecular flexibility index (Phi) is 7.77. The molecule has 1 aromatic carbocycles. The van der Waals surface area contributed by atoms with Gasteiger partial charge in [-0.1, -0.05) is 33.4 Å². The molecule has 0 bridgehead atoms. The number of para-hydroxylation sites is 1. The molecular formula is C26H42N4O3Si. The molecule has 0 radical (unpaired) electrons. The van der Waals surface area contributed by atoms with Gasteiger partial charge in [-0.3, -0.25) is 0 Å². The van der Waals surface area contributed by atoms with E-state index < -0.39 is 25.6 Å². The Morgan fingerprint density at radius 3 is 2.24 bits per heavy atom. The molecule has 34 heavy (non-hydrogen) atoms. The standard InChI is InChI=1S/C26H42N4O3Si/c1-17-22(30-26(9,10)16-27-23(31)32-24(3,4)5)29-21-19(14-13-15-20(21)28-17)18(2)33-34(11,12)25(6,7)8/h13-15H,2,16H2,1,3-12H3,(H,27,31)(H,29,30). The number of aryl methyl sites for hydroxylation is 1. The number of hydrogen-bond acceptors (Lipinski definition) is 6. The van der Waals surface area contributed by atoms with Gasteiger partial charge in [0.25, 0.3) is 0 Å². The minimum absolute atomic E-state index is 0.0562. The normalized spacial score (nSPS) is 12.9. The van der Waals surface area contributed by atoms with Crippen LogP contribution in [0, 0.1) is 6.92 Å². The average molecular weight is 487 g/mol. The number of nitrogens with one attached hydrogen (secondary N) is 2. The van der Waals surface area contributed by atoms with Crippen LogP contribution >= 0.6 is 0 Å². The topological polar surface area (TPSA) is 85.4 Å². The van der Waals surface area contributed by atoms with Crippen molar-refractivity contribution in [1.82, 2.24) is 15.3 Å². The highest BCUT2D eigenvalue weighted by molar-refractivity contribution is 6.74. The van der Waals surface area contributed by atoms with Gasteiger partial charge in [0.05, 0.1) is 16.7 Å². The first-order valence-electron chi connectivity index (χ1n) is 11.7. The van der Waals surface area contributed by atoms with Crippen molar-refractivity contribution in [3.8, 4) is 0 Å². The van der Waals surface area contributed by atoms with E-state index in [1.54, 1.807) is 0 Å². The van der Waals surface area contributed by atoms with Gasteiger partial charge < -0.3 is 19.8 Å². The minimum Gasteiger partial charge on any atom is -0.543 e. The van der Waals surface area contributed by atoms with Gasteiger partial charge in [-0.25, -0.2) is 14.8 Å². The third kappa shape index (κ3) is 7.19. The van der Waals surface area contributed by atoms with Crippen molar-refractivity contribution < 1.29 is 14.0 Å². The highest BCUT2D eigenvalue weighted by Crippen LogP contribution is 2.39. The van der Waals surface area contributed by atoms with Gasteiger partial charge in [-0.05, 0) is 71.8 Å². The lowest BCUT2D eigenvalue weighted by atomic mass is 10.1. The first-order chi connectivity index (χ1) is 15.3. The van der Waals surface area contributed by atoms with Crippen molar-refractivity contribution in [3.63, 3.8) is 0 Å². The number of ether oxygens (including phenoxy) is 1. The van der Waals surface area contributed by atoms with Crippen LogP contribution in [0.15, 0.2) is 24.8 Å². The predicted molar refractivity (Wildman–Crippen MR) is 144 cm³/mol. The Balaban J connectivity index is 2.31. The van der Waals surface area contributed by atoms with Gasteiger partial charge in [0.15, 0.2) is 0 Å². The van der Waals surface area contributed by atoms with E-state index in [0.717, 1.165) is 22.3 Å². The molecule has 2 rings (SSSR count). The molecule has 7 nitrogen and oxygen atoms in total. The molecule has 2 aromatic rings. The first kappa shape index (κ1) is 27.6. The summed E-state index contributed by atoms with van der Waals surface area (Å²) in [4.78, 5) is 21.8. The fraction of sp³-hybridized carbons (Fsp3) is 0.577. The van der Waals surface area contributed by atoms with Gasteiger partial charge in [0.1, 0.15) is 22.7 Å². The number of hydrogen-bond donors (Lipinski definition) is 2. The SMILES string of the molecule is C=C(O[Si](C)(C)C(C)(C)C)c1cccc2nc(C)c(NC(C)(C)CNC(=O)OC(C)(C)C)nc12. The second-order valence-electron chi connectivity index (χ2n) is 12.0. The number of rotatable bonds is 7. The van der Waals surface area contributed by atoms with Gasteiger partial charge in [0, 0.05) is 12.1 Å². The molecule has 0 spiro atoms. The molecule has 8 heteroatoms. The summed E-state index contributed by atoms with van der Waals surface area (Å²) in [6.07, 6.45) is -0.454. The molecule has 2 N–H and O–H groups in total. The molecule has 1 aromatic heterocycles. The Bertz CT molecular complexity index is 1070. The van der Waals surface area contributed by atoms with Crippen LogP contribution in [0.1, 0.15) is 66.6 Å². The van der Waals surface area contributed by atoms with E-state index in [1.165, 1.54) is 0 Å². The van der Waals surface area contributed by atoms with Crippen LogP contribution in [0.4, 0.5) is 10.6 Å². The molecule has 0 saturated carbocycles. The van der Waals surface area contributed by atoms with Gasteiger partial charge >= 0.3 is 6.09 Å². The molecule has 0 aliphatic carbocycles. The molecule has 0 saturated heterocycles. The van der Waals surface area contributed by atoms with Crippen molar-refractivity contribution >= 4 is 37.0 Å². The number of carbonyl (C=O) groups excluding carboxylic acids is 1. The zero-order chi connectivity index (χ0) is 26.1. The van der Waals surface area contributed by atoms with Crippen molar-refractivity contribution in [1.29, 1.82) is 0 Å². The third-order valence-corrected chi connectivity index (χ3v) is 10.3.